The Labute approximate surface area is 133 Å². The molecule has 1 unspecified atom stereocenters. The van der Waals surface area contributed by atoms with Gasteiger partial charge in [0, 0.05) is 38.3 Å². The number of nitrogens with zero attached hydrogens (tertiary/aromatic N) is 2. The van der Waals surface area contributed by atoms with Crippen LogP contribution in [0.3, 0.4) is 0 Å². The van der Waals surface area contributed by atoms with Crippen LogP contribution in [0, 0.1) is 6.92 Å². The lowest BCUT2D eigenvalue weighted by Crippen LogP contribution is -2.48. The van der Waals surface area contributed by atoms with E-state index in [1.54, 1.807) is 0 Å². The molecule has 1 aliphatic heterocycles. The van der Waals surface area contributed by atoms with Crippen molar-refractivity contribution in [2.45, 2.75) is 13.0 Å². The van der Waals surface area contributed by atoms with E-state index >= 15 is 0 Å². The van der Waals surface area contributed by atoms with Crippen molar-refractivity contribution in [3.8, 4) is 0 Å². The van der Waals surface area contributed by atoms with E-state index in [0.29, 0.717) is 19.7 Å². The molecule has 22 heavy (non-hydrogen) atoms. The lowest BCUT2D eigenvalue weighted by molar-refractivity contribution is 0.00563. The molecule has 1 saturated heterocycles. The molecule has 0 radical (unpaired) electrons. The first-order valence-corrected chi connectivity index (χ1v) is 7.89. The van der Waals surface area contributed by atoms with E-state index in [4.69, 9.17) is 4.74 Å². The van der Waals surface area contributed by atoms with E-state index in [1.807, 2.05) is 50.2 Å². The summed E-state index contributed by atoms with van der Waals surface area (Å²) in [4.78, 5) is 16.8. The Hall–Kier alpha value is -1.43. The molecular formula is C17H27N3O2. The zero-order valence-electron chi connectivity index (χ0n) is 13.8. The minimum Gasteiger partial charge on any atom is -0.374 e. The smallest absolute Gasteiger partial charge is 0.253 e. The molecule has 122 valence electrons. The van der Waals surface area contributed by atoms with Gasteiger partial charge in [0.2, 0.25) is 0 Å². The number of aryl methyl sites for hydroxylation is 1. The van der Waals surface area contributed by atoms with E-state index in [0.717, 1.165) is 30.8 Å². The van der Waals surface area contributed by atoms with E-state index in [-0.39, 0.29) is 12.0 Å². The van der Waals surface area contributed by atoms with Crippen LogP contribution in [0.15, 0.2) is 24.3 Å². The van der Waals surface area contributed by atoms with Crippen LogP contribution in [0.25, 0.3) is 0 Å². The molecule has 1 aromatic rings. The second-order valence-corrected chi connectivity index (χ2v) is 6.12. The van der Waals surface area contributed by atoms with Crippen molar-refractivity contribution in [2.24, 2.45) is 0 Å². The molecule has 1 heterocycles. The SMILES string of the molecule is Cc1ccc(C(=O)N(CCN(C)C)CC2CNCCO2)cc1. The molecule has 0 aromatic heterocycles. The fourth-order valence-electron chi connectivity index (χ4n) is 2.46. The highest BCUT2D eigenvalue weighted by Gasteiger charge is 2.22. The Balaban J connectivity index is 2.04. The van der Waals surface area contributed by atoms with Crippen molar-refractivity contribution >= 4 is 5.91 Å². The summed E-state index contributed by atoms with van der Waals surface area (Å²) in [5, 5.41) is 3.32. The summed E-state index contributed by atoms with van der Waals surface area (Å²) >= 11 is 0. The summed E-state index contributed by atoms with van der Waals surface area (Å²) in [7, 11) is 4.04. The van der Waals surface area contributed by atoms with E-state index in [1.165, 1.54) is 0 Å². The molecule has 5 heteroatoms. The zero-order chi connectivity index (χ0) is 15.9. The minimum atomic E-state index is 0.0744. The Morgan fingerprint density at radius 2 is 2.00 bits per heavy atom. The van der Waals surface area contributed by atoms with Gasteiger partial charge in [-0.25, -0.2) is 0 Å². The topological polar surface area (TPSA) is 44.8 Å². The number of likely N-dealkylation sites (N-methyl/N-ethyl adjacent to an activating group) is 1. The summed E-state index contributed by atoms with van der Waals surface area (Å²) < 4.78 is 5.75. The lowest BCUT2D eigenvalue weighted by Gasteiger charge is -2.31. The quantitative estimate of drug-likeness (QED) is 0.851. The number of hydrogen-bond donors (Lipinski definition) is 1. The third-order valence-corrected chi connectivity index (χ3v) is 3.83. The van der Waals surface area contributed by atoms with Crippen LogP contribution in [-0.2, 0) is 4.74 Å². The van der Waals surface area contributed by atoms with Crippen molar-refractivity contribution < 1.29 is 9.53 Å². The van der Waals surface area contributed by atoms with Gasteiger partial charge in [0.25, 0.3) is 5.91 Å². The van der Waals surface area contributed by atoms with Gasteiger partial charge in [0.05, 0.1) is 12.7 Å². The Morgan fingerprint density at radius 1 is 1.27 bits per heavy atom. The van der Waals surface area contributed by atoms with Crippen LogP contribution < -0.4 is 5.32 Å². The van der Waals surface area contributed by atoms with E-state index < -0.39 is 0 Å². The molecule has 1 N–H and O–H groups in total. The van der Waals surface area contributed by atoms with Crippen molar-refractivity contribution in [2.75, 3.05) is 53.4 Å². The molecule has 2 rings (SSSR count). The van der Waals surface area contributed by atoms with Gasteiger partial charge in [-0.15, -0.1) is 0 Å². The van der Waals surface area contributed by atoms with Crippen LogP contribution in [0.2, 0.25) is 0 Å². The molecule has 0 bridgehead atoms. The molecule has 0 spiro atoms. The highest BCUT2D eigenvalue weighted by Crippen LogP contribution is 2.09. The fraction of sp³-hybridized carbons (Fsp3) is 0.588. The van der Waals surface area contributed by atoms with Gasteiger partial charge in [-0.05, 0) is 33.2 Å². The molecular weight excluding hydrogens is 278 g/mol. The predicted octanol–water partition coefficient (Wildman–Crippen LogP) is 0.987. The normalized spacial score (nSPS) is 18.5. The lowest BCUT2D eigenvalue weighted by atomic mass is 10.1. The molecule has 1 aromatic carbocycles. The minimum absolute atomic E-state index is 0.0744. The number of nitrogens with one attached hydrogen (secondary N) is 1. The fourth-order valence-corrected chi connectivity index (χ4v) is 2.46. The van der Waals surface area contributed by atoms with Gasteiger partial charge in [-0.2, -0.15) is 0 Å². The number of carbonyl (C=O) groups excluding carboxylic acids is 1. The number of benzene rings is 1. The summed E-state index contributed by atoms with van der Waals surface area (Å²) in [5.74, 6) is 0.0797. The van der Waals surface area contributed by atoms with Crippen molar-refractivity contribution in [3.05, 3.63) is 35.4 Å². The highest BCUT2D eigenvalue weighted by molar-refractivity contribution is 5.94. The third-order valence-electron chi connectivity index (χ3n) is 3.83. The maximum atomic E-state index is 12.8. The summed E-state index contributed by atoms with van der Waals surface area (Å²) in [5.41, 5.74) is 1.91. The summed E-state index contributed by atoms with van der Waals surface area (Å²) in [6.45, 7) is 6.62. The van der Waals surface area contributed by atoms with Crippen LogP contribution in [0.4, 0.5) is 0 Å². The second-order valence-electron chi connectivity index (χ2n) is 6.12. The largest absolute Gasteiger partial charge is 0.374 e. The van der Waals surface area contributed by atoms with Gasteiger partial charge < -0.3 is 19.9 Å². The second kappa shape index (κ2) is 8.27. The molecule has 5 nitrogen and oxygen atoms in total. The molecule has 0 saturated carbocycles. The van der Waals surface area contributed by atoms with Crippen molar-refractivity contribution in [1.82, 2.24) is 15.1 Å². The predicted molar refractivity (Wildman–Crippen MR) is 88.2 cm³/mol. The number of rotatable bonds is 6. The Bertz CT molecular complexity index is 467. The monoisotopic (exact) mass is 305 g/mol. The number of amides is 1. The van der Waals surface area contributed by atoms with Gasteiger partial charge >= 0.3 is 0 Å². The number of hydrogen-bond acceptors (Lipinski definition) is 4. The number of ether oxygens (including phenoxy) is 1. The maximum absolute atomic E-state index is 12.8. The highest BCUT2D eigenvalue weighted by atomic mass is 16.5. The summed E-state index contributed by atoms with van der Waals surface area (Å²) in [6.07, 6.45) is 0.0744. The summed E-state index contributed by atoms with van der Waals surface area (Å²) in [6, 6.07) is 7.77. The van der Waals surface area contributed by atoms with Crippen LogP contribution in [0.1, 0.15) is 15.9 Å². The first-order chi connectivity index (χ1) is 10.6. The molecule has 0 aliphatic carbocycles. The number of carbonyl (C=O) groups is 1. The molecule has 1 aliphatic rings. The first-order valence-electron chi connectivity index (χ1n) is 7.89. The zero-order valence-corrected chi connectivity index (χ0v) is 13.8. The van der Waals surface area contributed by atoms with Gasteiger partial charge in [-0.3, -0.25) is 4.79 Å². The molecule has 1 atom stereocenters. The van der Waals surface area contributed by atoms with Gasteiger partial charge in [0.15, 0.2) is 0 Å². The number of morpholine rings is 1. The van der Waals surface area contributed by atoms with Crippen LogP contribution in [-0.4, -0.2) is 75.2 Å². The van der Waals surface area contributed by atoms with Gasteiger partial charge in [0.1, 0.15) is 0 Å². The van der Waals surface area contributed by atoms with Gasteiger partial charge in [-0.1, -0.05) is 17.7 Å². The third kappa shape index (κ3) is 5.09. The van der Waals surface area contributed by atoms with Crippen LogP contribution in [0.5, 0.6) is 0 Å². The maximum Gasteiger partial charge on any atom is 0.253 e. The van der Waals surface area contributed by atoms with Crippen molar-refractivity contribution in [1.29, 1.82) is 0 Å². The Morgan fingerprint density at radius 3 is 2.59 bits per heavy atom. The van der Waals surface area contributed by atoms with E-state index in [9.17, 15) is 4.79 Å². The Kier molecular flexibility index (Phi) is 6.36. The first kappa shape index (κ1) is 16.9. The van der Waals surface area contributed by atoms with Crippen molar-refractivity contribution in [3.63, 3.8) is 0 Å². The standard InChI is InChI=1S/C17H27N3O2/c1-14-4-6-15(7-5-14)17(21)20(10-9-19(2)3)13-16-12-18-8-11-22-16/h4-7,16,18H,8-13H2,1-3H3. The van der Waals surface area contributed by atoms with E-state index in [2.05, 4.69) is 10.2 Å². The average Bonchev–Trinajstić information content (AvgIpc) is 2.52. The molecule has 1 fully saturated rings. The van der Waals surface area contributed by atoms with Crippen LogP contribution >= 0.6 is 0 Å². The average molecular weight is 305 g/mol. The molecule has 1 amide bonds.